The zero-order valence-corrected chi connectivity index (χ0v) is 14.2. The van der Waals surface area contributed by atoms with Gasteiger partial charge in [0.15, 0.2) is 0 Å². The molecule has 1 saturated carbocycles. The van der Waals surface area contributed by atoms with Crippen LogP contribution in [0.5, 0.6) is 0 Å². The molecule has 4 N–H and O–H groups in total. The molecule has 25 heavy (non-hydrogen) atoms. The Morgan fingerprint density at radius 2 is 1.96 bits per heavy atom. The summed E-state index contributed by atoms with van der Waals surface area (Å²) >= 11 is 5.86. The highest BCUT2D eigenvalue weighted by atomic mass is 35.5. The lowest BCUT2D eigenvalue weighted by Crippen LogP contribution is -2.42. The van der Waals surface area contributed by atoms with Crippen molar-refractivity contribution in [3.8, 4) is 0 Å². The van der Waals surface area contributed by atoms with Gasteiger partial charge in [0.25, 0.3) is 0 Å². The van der Waals surface area contributed by atoms with Gasteiger partial charge in [-0.3, -0.25) is 10.1 Å². The minimum Gasteiger partial charge on any atom is -0.360 e. The topological polar surface area (TPSA) is 119 Å². The summed E-state index contributed by atoms with van der Waals surface area (Å²) < 4.78 is 0. The summed E-state index contributed by atoms with van der Waals surface area (Å²) in [4.78, 5) is 19.1. The first kappa shape index (κ1) is 17.4. The van der Waals surface area contributed by atoms with Crippen LogP contribution in [0.15, 0.2) is 30.5 Å². The Bertz CT molecular complexity index is 755. The first-order valence-electron chi connectivity index (χ1n) is 8.09. The summed E-state index contributed by atoms with van der Waals surface area (Å²) in [5.41, 5.74) is 6.69. The molecule has 132 valence electrons. The van der Waals surface area contributed by atoms with Gasteiger partial charge >= 0.3 is 5.69 Å². The third-order valence-corrected chi connectivity index (χ3v) is 4.46. The van der Waals surface area contributed by atoms with Gasteiger partial charge in [0.1, 0.15) is 6.20 Å². The number of aromatic nitrogens is 2. The Labute approximate surface area is 150 Å². The number of nitrogens with zero attached hydrogens (tertiary/aromatic N) is 3. The maximum atomic E-state index is 11.3. The number of nitrogens with two attached hydrogens (primary N) is 1. The molecule has 8 nitrogen and oxygen atoms in total. The lowest BCUT2D eigenvalue weighted by atomic mass is 9.91. The van der Waals surface area contributed by atoms with Crippen molar-refractivity contribution < 1.29 is 4.92 Å². The number of nitrogens with one attached hydrogen (secondary N) is 2. The number of hydrogen-bond donors (Lipinski definition) is 3. The van der Waals surface area contributed by atoms with Gasteiger partial charge in [-0.2, -0.15) is 4.98 Å². The SMILES string of the molecule is NC1CCCCC1Nc1nc(Nc2ccc(Cl)cc2)ncc1[N+](=O)[O-]. The quantitative estimate of drug-likeness (QED) is 0.550. The number of hydrogen-bond acceptors (Lipinski definition) is 7. The predicted molar refractivity (Wildman–Crippen MR) is 97.3 cm³/mol. The molecule has 1 aliphatic rings. The molecule has 1 aromatic heterocycles. The lowest BCUT2D eigenvalue weighted by molar-refractivity contribution is -0.384. The number of rotatable bonds is 5. The highest BCUT2D eigenvalue weighted by Gasteiger charge is 2.26. The van der Waals surface area contributed by atoms with E-state index in [0.29, 0.717) is 5.02 Å². The van der Waals surface area contributed by atoms with Crippen LogP contribution in [0.25, 0.3) is 0 Å². The maximum absolute atomic E-state index is 11.3. The smallest absolute Gasteiger partial charge is 0.329 e. The predicted octanol–water partition coefficient (Wildman–Crippen LogP) is 3.46. The van der Waals surface area contributed by atoms with Crippen LogP contribution < -0.4 is 16.4 Å². The molecular formula is C16H19ClN6O2. The Morgan fingerprint density at radius 3 is 2.64 bits per heavy atom. The molecule has 1 fully saturated rings. The Balaban J connectivity index is 1.83. The molecule has 0 amide bonds. The second-order valence-electron chi connectivity index (χ2n) is 6.02. The van der Waals surface area contributed by atoms with E-state index < -0.39 is 4.92 Å². The first-order chi connectivity index (χ1) is 12.0. The fourth-order valence-corrected chi connectivity index (χ4v) is 2.98. The van der Waals surface area contributed by atoms with Crippen molar-refractivity contribution in [1.29, 1.82) is 0 Å². The van der Waals surface area contributed by atoms with Crippen LogP contribution in [0, 0.1) is 10.1 Å². The molecule has 0 spiro atoms. The number of nitro groups is 1. The Hall–Kier alpha value is -2.45. The van der Waals surface area contributed by atoms with Crippen molar-refractivity contribution >= 4 is 34.7 Å². The minimum absolute atomic E-state index is 0.0364. The molecular weight excluding hydrogens is 344 g/mol. The van der Waals surface area contributed by atoms with E-state index in [-0.39, 0.29) is 29.5 Å². The molecule has 1 aliphatic carbocycles. The van der Waals surface area contributed by atoms with Crippen LogP contribution in [0.4, 0.5) is 23.1 Å². The zero-order chi connectivity index (χ0) is 17.8. The molecule has 1 aromatic carbocycles. The van der Waals surface area contributed by atoms with Gasteiger partial charge in [-0.1, -0.05) is 24.4 Å². The lowest BCUT2D eigenvalue weighted by Gasteiger charge is -2.29. The van der Waals surface area contributed by atoms with Gasteiger partial charge in [-0.15, -0.1) is 0 Å². The van der Waals surface area contributed by atoms with Crippen molar-refractivity contribution in [2.24, 2.45) is 5.73 Å². The van der Waals surface area contributed by atoms with Crippen molar-refractivity contribution in [1.82, 2.24) is 9.97 Å². The van der Waals surface area contributed by atoms with Crippen molar-refractivity contribution in [2.75, 3.05) is 10.6 Å². The standard InChI is InChI=1S/C16H19ClN6O2/c17-10-5-7-11(8-6-10)20-16-19-9-14(23(24)25)15(22-16)21-13-4-2-1-3-12(13)18/h5-9,12-13H,1-4,18H2,(H2,19,20,21,22). The zero-order valence-electron chi connectivity index (χ0n) is 13.5. The molecule has 0 saturated heterocycles. The molecule has 3 rings (SSSR count). The van der Waals surface area contributed by atoms with Crippen molar-refractivity contribution in [2.45, 2.75) is 37.8 Å². The van der Waals surface area contributed by atoms with E-state index in [9.17, 15) is 10.1 Å². The molecule has 2 unspecified atom stereocenters. The summed E-state index contributed by atoms with van der Waals surface area (Å²) in [5.74, 6) is 0.443. The van der Waals surface area contributed by atoms with E-state index in [1.807, 2.05) is 0 Å². The van der Waals surface area contributed by atoms with Gasteiger partial charge in [-0.25, -0.2) is 4.98 Å². The summed E-state index contributed by atoms with van der Waals surface area (Å²) in [5, 5.41) is 18.0. The monoisotopic (exact) mass is 362 g/mol. The highest BCUT2D eigenvalue weighted by Crippen LogP contribution is 2.27. The van der Waals surface area contributed by atoms with E-state index in [2.05, 4.69) is 20.6 Å². The summed E-state index contributed by atoms with van der Waals surface area (Å²) in [6.07, 6.45) is 5.07. The van der Waals surface area contributed by atoms with Gasteiger partial charge < -0.3 is 16.4 Å². The fraction of sp³-hybridized carbons (Fsp3) is 0.375. The van der Waals surface area contributed by atoms with Gasteiger partial charge in [-0.05, 0) is 37.1 Å². The third-order valence-electron chi connectivity index (χ3n) is 4.21. The normalized spacial score (nSPS) is 20.1. The average Bonchev–Trinajstić information content (AvgIpc) is 2.59. The molecule has 0 aliphatic heterocycles. The Morgan fingerprint density at radius 1 is 1.24 bits per heavy atom. The summed E-state index contributed by atoms with van der Waals surface area (Å²) in [6, 6.07) is 6.93. The van der Waals surface area contributed by atoms with Crippen LogP contribution in [-0.4, -0.2) is 27.0 Å². The van der Waals surface area contributed by atoms with Crippen LogP contribution in [0.2, 0.25) is 5.02 Å². The molecule has 2 aromatic rings. The van der Waals surface area contributed by atoms with E-state index >= 15 is 0 Å². The summed E-state index contributed by atoms with van der Waals surface area (Å²) in [6.45, 7) is 0. The average molecular weight is 363 g/mol. The van der Waals surface area contributed by atoms with E-state index in [4.69, 9.17) is 17.3 Å². The van der Waals surface area contributed by atoms with Crippen LogP contribution >= 0.6 is 11.6 Å². The van der Waals surface area contributed by atoms with Gasteiger partial charge in [0.05, 0.1) is 4.92 Å². The van der Waals surface area contributed by atoms with Crippen molar-refractivity contribution in [3.05, 3.63) is 45.6 Å². The van der Waals surface area contributed by atoms with Gasteiger partial charge in [0, 0.05) is 22.8 Å². The Kier molecular flexibility index (Phi) is 5.30. The maximum Gasteiger partial charge on any atom is 0.329 e. The van der Waals surface area contributed by atoms with E-state index in [0.717, 1.165) is 31.4 Å². The number of benzene rings is 1. The van der Waals surface area contributed by atoms with E-state index in [1.165, 1.54) is 6.20 Å². The number of halogens is 1. The highest BCUT2D eigenvalue weighted by molar-refractivity contribution is 6.30. The molecule has 2 atom stereocenters. The van der Waals surface area contributed by atoms with Crippen LogP contribution in [-0.2, 0) is 0 Å². The summed E-state index contributed by atoms with van der Waals surface area (Å²) in [7, 11) is 0. The fourth-order valence-electron chi connectivity index (χ4n) is 2.85. The van der Waals surface area contributed by atoms with Gasteiger partial charge in [0.2, 0.25) is 11.8 Å². The second kappa shape index (κ2) is 7.62. The largest absolute Gasteiger partial charge is 0.360 e. The first-order valence-corrected chi connectivity index (χ1v) is 8.47. The third kappa shape index (κ3) is 4.34. The van der Waals surface area contributed by atoms with Crippen LogP contribution in [0.3, 0.4) is 0 Å². The molecule has 0 radical (unpaired) electrons. The van der Waals surface area contributed by atoms with Crippen molar-refractivity contribution in [3.63, 3.8) is 0 Å². The molecule has 9 heteroatoms. The number of anilines is 3. The molecule has 1 heterocycles. The molecule has 0 bridgehead atoms. The van der Waals surface area contributed by atoms with Crippen LogP contribution in [0.1, 0.15) is 25.7 Å². The minimum atomic E-state index is -0.497. The van der Waals surface area contributed by atoms with E-state index in [1.54, 1.807) is 24.3 Å². The second-order valence-corrected chi connectivity index (χ2v) is 6.45.